The number of anilines is 1. The minimum atomic E-state index is -0.471. The number of benzene rings is 1. The van der Waals surface area contributed by atoms with Crippen LogP contribution in [0.1, 0.15) is 30.4 Å². The third-order valence-electron chi connectivity index (χ3n) is 4.84. The zero-order valence-corrected chi connectivity index (χ0v) is 14.5. The number of amides is 2. The summed E-state index contributed by atoms with van der Waals surface area (Å²) in [4.78, 5) is 30.3. The average Bonchev–Trinajstić information content (AvgIpc) is 3.12. The molecular weight excluding hydrogens is 330 g/mol. The molecule has 1 aromatic heterocycles. The van der Waals surface area contributed by atoms with Gasteiger partial charge in [0.1, 0.15) is 5.75 Å². The van der Waals surface area contributed by atoms with E-state index < -0.39 is 6.10 Å². The van der Waals surface area contributed by atoms with Gasteiger partial charge in [-0.1, -0.05) is 18.2 Å². The smallest absolute Gasteiger partial charge is 0.261 e. The number of rotatable bonds is 4. The van der Waals surface area contributed by atoms with Gasteiger partial charge in [0, 0.05) is 25.7 Å². The monoisotopic (exact) mass is 351 g/mol. The highest BCUT2D eigenvalue weighted by atomic mass is 16.5. The molecule has 1 aromatic carbocycles. The van der Waals surface area contributed by atoms with Crippen molar-refractivity contribution in [3.8, 4) is 5.75 Å². The molecule has 0 spiro atoms. The number of nitrogens with zero attached hydrogens (tertiary/aromatic N) is 2. The molecule has 3 heterocycles. The van der Waals surface area contributed by atoms with Crippen molar-refractivity contribution in [2.24, 2.45) is 0 Å². The minimum absolute atomic E-state index is 0.123. The lowest BCUT2D eigenvalue weighted by Crippen LogP contribution is -2.40. The number of aromatic nitrogens is 1. The molecule has 1 N–H and O–H groups in total. The van der Waals surface area contributed by atoms with Gasteiger partial charge in [0.05, 0.1) is 11.9 Å². The Hall–Kier alpha value is -2.89. The molecule has 4 rings (SSSR count). The maximum absolute atomic E-state index is 12.5. The zero-order chi connectivity index (χ0) is 17.9. The van der Waals surface area contributed by atoms with Gasteiger partial charge < -0.3 is 15.0 Å². The molecule has 2 amide bonds. The summed E-state index contributed by atoms with van der Waals surface area (Å²) in [5, 5.41) is 2.92. The van der Waals surface area contributed by atoms with Gasteiger partial charge in [-0.25, -0.2) is 0 Å². The molecule has 2 aliphatic heterocycles. The second kappa shape index (κ2) is 7.15. The number of aryl methyl sites for hydroxylation is 1. The number of pyridine rings is 1. The zero-order valence-electron chi connectivity index (χ0n) is 14.5. The van der Waals surface area contributed by atoms with Gasteiger partial charge >= 0.3 is 0 Å². The van der Waals surface area contributed by atoms with E-state index in [9.17, 15) is 9.59 Å². The SMILES string of the molecule is O=C(NCc1cncc(N2CCCC2=O)c1)[C@@H]1CCc2ccccc2O1. The highest BCUT2D eigenvalue weighted by Gasteiger charge is 2.26. The van der Waals surface area contributed by atoms with Crippen LogP contribution in [0.5, 0.6) is 5.75 Å². The molecule has 6 nitrogen and oxygen atoms in total. The van der Waals surface area contributed by atoms with Crippen molar-refractivity contribution < 1.29 is 14.3 Å². The summed E-state index contributed by atoms with van der Waals surface area (Å²) >= 11 is 0. The van der Waals surface area contributed by atoms with Crippen molar-refractivity contribution in [1.82, 2.24) is 10.3 Å². The average molecular weight is 351 g/mol. The normalized spacial score (nSPS) is 19.0. The summed E-state index contributed by atoms with van der Waals surface area (Å²) in [6.07, 6.45) is 5.89. The fraction of sp³-hybridized carbons (Fsp3) is 0.350. The highest BCUT2D eigenvalue weighted by molar-refractivity contribution is 5.95. The van der Waals surface area contributed by atoms with Crippen LogP contribution in [0.25, 0.3) is 0 Å². The summed E-state index contributed by atoms with van der Waals surface area (Å²) in [7, 11) is 0. The maximum atomic E-state index is 12.5. The largest absolute Gasteiger partial charge is 0.480 e. The van der Waals surface area contributed by atoms with Crippen molar-refractivity contribution in [2.75, 3.05) is 11.4 Å². The molecule has 0 radical (unpaired) electrons. The van der Waals surface area contributed by atoms with Crippen LogP contribution < -0.4 is 15.0 Å². The van der Waals surface area contributed by atoms with E-state index in [1.54, 1.807) is 17.3 Å². The molecule has 2 aliphatic rings. The molecule has 1 fully saturated rings. The van der Waals surface area contributed by atoms with Gasteiger partial charge in [0.2, 0.25) is 5.91 Å². The number of ether oxygens (including phenoxy) is 1. The van der Waals surface area contributed by atoms with Gasteiger partial charge in [-0.3, -0.25) is 14.6 Å². The van der Waals surface area contributed by atoms with Crippen LogP contribution in [0.15, 0.2) is 42.7 Å². The Labute approximate surface area is 152 Å². The van der Waals surface area contributed by atoms with Crippen LogP contribution in [0.4, 0.5) is 5.69 Å². The number of carbonyl (C=O) groups excluding carboxylic acids is 2. The molecule has 0 saturated carbocycles. The molecule has 6 heteroatoms. The van der Waals surface area contributed by atoms with E-state index in [-0.39, 0.29) is 11.8 Å². The first-order chi connectivity index (χ1) is 12.7. The Morgan fingerprint density at radius 2 is 2.15 bits per heavy atom. The molecule has 0 aliphatic carbocycles. The number of carbonyl (C=O) groups is 2. The molecule has 1 atom stereocenters. The summed E-state index contributed by atoms with van der Waals surface area (Å²) in [6.45, 7) is 1.09. The van der Waals surface area contributed by atoms with Gasteiger partial charge in [-0.05, 0) is 42.5 Å². The highest BCUT2D eigenvalue weighted by Crippen LogP contribution is 2.27. The number of nitrogens with one attached hydrogen (secondary N) is 1. The first-order valence-corrected chi connectivity index (χ1v) is 8.97. The third-order valence-corrected chi connectivity index (χ3v) is 4.84. The van der Waals surface area contributed by atoms with E-state index in [1.165, 1.54) is 0 Å². The predicted octanol–water partition coefficient (Wildman–Crippen LogP) is 2.22. The summed E-state index contributed by atoms with van der Waals surface area (Å²) in [6, 6.07) is 9.73. The van der Waals surface area contributed by atoms with Crippen LogP contribution in [0.2, 0.25) is 0 Å². The lowest BCUT2D eigenvalue weighted by Gasteiger charge is -2.25. The number of hydrogen-bond donors (Lipinski definition) is 1. The number of fused-ring (bicyclic) bond motifs is 1. The second-order valence-corrected chi connectivity index (χ2v) is 6.67. The van der Waals surface area contributed by atoms with Crippen LogP contribution >= 0.6 is 0 Å². The standard InChI is InChI=1S/C20H21N3O3/c24-19-6-3-9-23(19)16-10-14(11-21-13-16)12-22-20(25)18-8-7-15-4-1-2-5-17(15)26-18/h1-2,4-5,10-11,13,18H,3,6-9,12H2,(H,22,25)/t18-/m0/s1. The Morgan fingerprint density at radius 3 is 3.00 bits per heavy atom. The van der Waals surface area contributed by atoms with E-state index in [4.69, 9.17) is 4.74 Å². The lowest BCUT2D eigenvalue weighted by molar-refractivity contribution is -0.128. The fourth-order valence-electron chi connectivity index (χ4n) is 3.45. The lowest BCUT2D eigenvalue weighted by atomic mass is 10.0. The Bertz CT molecular complexity index is 837. The Morgan fingerprint density at radius 1 is 1.27 bits per heavy atom. The van der Waals surface area contributed by atoms with Gasteiger partial charge in [-0.2, -0.15) is 0 Å². The van der Waals surface area contributed by atoms with E-state index in [1.807, 2.05) is 30.3 Å². The first kappa shape index (κ1) is 16.6. The third kappa shape index (κ3) is 3.40. The Kier molecular flexibility index (Phi) is 4.56. The topological polar surface area (TPSA) is 71.5 Å². The van der Waals surface area contributed by atoms with E-state index in [2.05, 4.69) is 10.3 Å². The predicted molar refractivity (Wildman–Crippen MR) is 96.8 cm³/mol. The molecule has 26 heavy (non-hydrogen) atoms. The summed E-state index contributed by atoms with van der Waals surface area (Å²) < 4.78 is 5.82. The van der Waals surface area contributed by atoms with Crippen molar-refractivity contribution in [2.45, 2.75) is 38.3 Å². The van der Waals surface area contributed by atoms with Gasteiger partial charge in [-0.15, -0.1) is 0 Å². The van der Waals surface area contributed by atoms with Crippen LogP contribution in [0, 0.1) is 0 Å². The quantitative estimate of drug-likeness (QED) is 0.917. The molecule has 0 bridgehead atoms. The molecule has 2 aromatic rings. The molecule has 1 saturated heterocycles. The van der Waals surface area contributed by atoms with Gasteiger partial charge in [0.15, 0.2) is 6.10 Å². The van der Waals surface area contributed by atoms with Crippen LogP contribution in [-0.2, 0) is 22.6 Å². The van der Waals surface area contributed by atoms with E-state index in [0.717, 1.165) is 42.0 Å². The fourth-order valence-corrected chi connectivity index (χ4v) is 3.45. The Balaban J connectivity index is 1.37. The van der Waals surface area contributed by atoms with E-state index >= 15 is 0 Å². The summed E-state index contributed by atoms with van der Waals surface area (Å²) in [5.41, 5.74) is 2.80. The van der Waals surface area contributed by atoms with Crippen molar-refractivity contribution in [3.63, 3.8) is 0 Å². The van der Waals surface area contributed by atoms with E-state index in [0.29, 0.717) is 19.4 Å². The first-order valence-electron chi connectivity index (χ1n) is 8.97. The number of para-hydroxylation sites is 1. The molecular formula is C20H21N3O3. The summed E-state index contributed by atoms with van der Waals surface area (Å²) in [5.74, 6) is 0.791. The van der Waals surface area contributed by atoms with Crippen molar-refractivity contribution in [1.29, 1.82) is 0 Å². The van der Waals surface area contributed by atoms with Crippen LogP contribution in [0.3, 0.4) is 0 Å². The molecule has 0 unspecified atom stereocenters. The minimum Gasteiger partial charge on any atom is -0.480 e. The van der Waals surface area contributed by atoms with Gasteiger partial charge in [0.25, 0.3) is 5.91 Å². The second-order valence-electron chi connectivity index (χ2n) is 6.67. The maximum Gasteiger partial charge on any atom is 0.261 e. The van der Waals surface area contributed by atoms with Crippen molar-refractivity contribution >= 4 is 17.5 Å². The number of hydrogen-bond acceptors (Lipinski definition) is 4. The van der Waals surface area contributed by atoms with Crippen LogP contribution in [-0.4, -0.2) is 29.4 Å². The van der Waals surface area contributed by atoms with Crippen molar-refractivity contribution in [3.05, 3.63) is 53.9 Å². The molecule has 134 valence electrons.